The summed E-state index contributed by atoms with van der Waals surface area (Å²) in [6, 6.07) is 6.90. The minimum Gasteiger partial charge on any atom is -0.294 e. The van der Waals surface area contributed by atoms with E-state index in [-0.39, 0.29) is 11.4 Å². The molecule has 0 saturated heterocycles. The first-order valence-electron chi connectivity index (χ1n) is 5.40. The second-order valence-electron chi connectivity index (χ2n) is 3.95. The third kappa shape index (κ3) is 2.96. The summed E-state index contributed by atoms with van der Waals surface area (Å²) in [6.07, 6.45) is -0.252. The monoisotopic (exact) mass is 284 g/mol. The van der Waals surface area contributed by atoms with Crippen LogP contribution >= 0.6 is 11.6 Å². The molecule has 0 radical (unpaired) electrons. The number of benzene rings is 2. The van der Waals surface area contributed by atoms with Crippen molar-refractivity contribution in [2.45, 2.75) is 6.42 Å². The minimum atomic E-state index is -0.918. The molecule has 0 atom stereocenters. The average Bonchev–Trinajstić information content (AvgIpc) is 2.33. The number of Topliss-reactive ketones (excluding diaryl/α,β-unsaturated/α-hetero) is 1. The van der Waals surface area contributed by atoms with Gasteiger partial charge in [-0.2, -0.15) is 0 Å². The fourth-order valence-corrected chi connectivity index (χ4v) is 1.89. The minimum absolute atomic E-state index is 0.140. The Morgan fingerprint density at radius 3 is 2.21 bits per heavy atom. The van der Waals surface area contributed by atoms with Gasteiger partial charge >= 0.3 is 0 Å². The van der Waals surface area contributed by atoms with Crippen LogP contribution in [0.5, 0.6) is 0 Å². The van der Waals surface area contributed by atoms with Gasteiger partial charge in [-0.25, -0.2) is 13.2 Å². The summed E-state index contributed by atoms with van der Waals surface area (Å²) in [6.45, 7) is 0. The summed E-state index contributed by atoms with van der Waals surface area (Å²) in [5.41, 5.74) is -0.206. The third-order valence-electron chi connectivity index (χ3n) is 2.59. The van der Waals surface area contributed by atoms with Crippen LogP contribution in [-0.2, 0) is 6.42 Å². The number of hydrogen-bond acceptors (Lipinski definition) is 1. The third-order valence-corrected chi connectivity index (χ3v) is 2.88. The van der Waals surface area contributed by atoms with Crippen molar-refractivity contribution in [2.75, 3.05) is 0 Å². The smallest absolute Gasteiger partial charge is 0.173 e. The fraction of sp³-hybridized carbons (Fsp3) is 0.0714. The van der Waals surface area contributed by atoms with Gasteiger partial charge in [0.25, 0.3) is 0 Å². The van der Waals surface area contributed by atoms with Crippen molar-refractivity contribution < 1.29 is 18.0 Å². The Balaban J connectivity index is 2.28. The Bertz CT molecular complexity index is 620. The number of rotatable bonds is 3. The SMILES string of the molecule is O=C(Cc1ccc(F)c(Cl)c1)c1c(F)cccc1F. The zero-order chi connectivity index (χ0) is 14.0. The highest BCUT2D eigenvalue weighted by Crippen LogP contribution is 2.19. The van der Waals surface area contributed by atoms with Crippen LogP contribution in [0.2, 0.25) is 5.02 Å². The zero-order valence-corrected chi connectivity index (χ0v) is 10.3. The van der Waals surface area contributed by atoms with Gasteiger partial charge in [-0.15, -0.1) is 0 Å². The van der Waals surface area contributed by atoms with Crippen LogP contribution in [-0.4, -0.2) is 5.78 Å². The van der Waals surface area contributed by atoms with Gasteiger partial charge in [0.1, 0.15) is 17.5 Å². The number of halogens is 4. The number of carbonyl (C=O) groups is 1. The first-order chi connectivity index (χ1) is 8.99. The van der Waals surface area contributed by atoms with Gasteiger partial charge in [0.05, 0.1) is 10.6 Å². The fourth-order valence-electron chi connectivity index (χ4n) is 1.69. The number of hydrogen-bond donors (Lipinski definition) is 0. The van der Waals surface area contributed by atoms with Gasteiger partial charge in [0.2, 0.25) is 0 Å². The summed E-state index contributed by atoms with van der Waals surface area (Å²) < 4.78 is 39.8. The first kappa shape index (κ1) is 13.6. The lowest BCUT2D eigenvalue weighted by Gasteiger charge is -2.05. The summed E-state index contributed by atoms with van der Waals surface area (Å²) in [7, 11) is 0. The molecule has 0 aromatic heterocycles. The number of ketones is 1. The van der Waals surface area contributed by atoms with Crippen molar-refractivity contribution in [1.82, 2.24) is 0 Å². The highest BCUT2D eigenvalue weighted by Gasteiger charge is 2.17. The molecule has 19 heavy (non-hydrogen) atoms. The van der Waals surface area contributed by atoms with Gasteiger partial charge in [-0.3, -0.25) is 4.79 Å². The molecular formula is C14H8ClF3O. The molecule has 98 valence electrons. The summed E-state index contributed by atoms with van der Waals surface area (Å²) >= 11 is 5.57. The molecule has 1 nitrogen and oxygen atoms in total. The molecular weight excluding hydrogens is 277 g/mol. The van der Waals surface area contributed by atoms with Gasteiger partial charge < -0.3 is 0 Å². The molecule has 0 amide bonds. The van der Waals surface area contributed by atoms with E-state index in [0.29, 0.717) is 5.56 Å². The molecule has 0 saturated carbocycles. The van der Waals surface area contributed by atoms with E-state index in [0.717, 1.165) is 18.2 Å². The number of carbonyl (C=O) groups excluding carboxylic acids is 1. The van der Waals surface area contributed by atoms with Gasteiger partial charge in [0, 0.05) is 6.42 Å². The highest BCUT2D eigenvalue weighted by atomic mass is 35.5. The van der Waals surface area contributed by atoms with Crippen LogP contribution < -0.4 is 0 Å². The molecule has 0 fully saturated rings. The normalized spacial score (nSPS) is 10.5. The Kier molecular flexibility index (Phi) is 3.90. The van der Waals surface area contributed by atoms with Crippen LogP contribution in [0, 0.1) is 17.5 Å². The second kappa shape index (κ2) is 5.45. The molecule has 2 aromatic carbocycles. The Hall–Kier alpha value is -1.81. The van der Waals surface area contributed by atoms with E-state index in [2.05, 4.69) is 0 Å². The lowest BCUT2D eigenvalue weighted by atomic mass is 10.0. The molecule has 0 aliphatic rings. The van der Waals surface area contributed by atoms with Crippen LogP contribution in [0.4, 0.5) is 13.2 Å². The quantitative estimate of drug-likeness (QED) is 0.773. The van der Waals surface area contributed by atoms with Crippen molar-refractivity contribution >= 4 is 17.4 Å². The molecule has 0 unspecified atom stereocenters. The molecule has 0 N–H and O–H groups in total. The molecule has 0 aliphatic carbocycles. The maximum Gasteiger partial charge on any atom is 0.173 e. The molecule has 0 aliphatic heterocycles. The molecule has 5 heteroatoms. The lowest BCUT2D eigenvalue weighted by Crippen LogP contribution is -2.09. The van der Waals surface area contributed by atoms with Crippen molar-refractivity contribution in [3.8, 4) is 0 Å². The van der Waals surface area contributed by atoms with Crippen molar-refractivity contribution in [3.05, 3.63) is 70.0 Å². The largest absolute Gasteiger partial charge is 0.294 e. The van der Waals surface area contributed by atoms with E-state index in [1.54, 1.807) is 0 Å². The van der Waals surface area contributed by atoms with E-state index in [1.165, 1.54) is 18.2 Å². The maximum atomic E-state index is 13.4. The average molecular weight is 285 g/mol. The lowest BCUT2D eigenvalue weighted by molar-refractivity contribution is 0.0985. The van der Waals surface area contributed by atoms with E-state index in [1.807, 2.05) is 0 Å². The molecule has 0 bridgehead atoms. The zero-order valence-electron chi connectivity index (χ0n) is 9.59. The highest BCUT2D eigenvalue weighted by molar-refractivity contribution is 6.30. The molecule has 2 aromatic rings. The predicted molar refractivity (Wildman–Crippen MR) is 65.8 cm³/mol. The van der Waals surface area contributed by atoms with E-state index in [4.69, 9.17) is 11.6 Å². The van der Waals surface area contributed by atoms with Crippen LogP contribution in [0.3, 0.4) is 0 Å². The second-order valence-corrected chi connectivity index (χ2v) is 4.35. The molecule has 2 rings (SSSR count). The van der Waals surface area contributed by atoms with E-state index < -0.39 is 28.8 Å². The van der Waals surface area contributed by atoms with Crippen LogP contribution in [0.15, 0.2) is 36.4 Å². The maximum absolute atomic E-state index is 13.4. The summed E-state index contributed by atoms with van der Waals surface area (Å²) in [4.78, 5) is 11.8. The molecule has 0 heterocycles. The van der Waals surface area contributed by atoms with Crippen LogP contribution in [0.1, 0.15) is 15.9 Å². The van der Waals surface area contributed by atoms with E-state index in [9.17, 15) is 18.0 Å². The van der Waals surface area contributed by atoms with Gasteiger partial charge in [0.15, 0.2) is 5.78 Å². The summed E-state index contributed by atoms with van der Waals surface area (Å²) in [5, 5.41) is -0.140. The standard InChI is InChI=1S/C14H8ClF3O/c15-9-6-8(4-5-10(9)16)7-13(19)14-11(17)2-1-3-12(14)18/h1-6H,7H2. The van der Waals surface area contributed by atoms with Crippen LogP contribution in [0.25, 0.3) is 0 Å². The molecule has 0 spiro atoms. The van der Waals surface area contributed by atoms with Crippen molar-refractivity contribution in [1.29, 1.82) is 0 Å². The Morgan fingerprint density at radius 2 is 1.63 bits per heavy atom. The topological polar surface area (TPSA) is 17.1 Å². The predicted octanol–water partition coefficient (Wildman–Crippen LogP) is 4.18. The first-order valence-corrected chi connectivity index (χ1v) is 5.78. The van der Waals surface area contributed by atoms with Crippen molar-refractivity contribution in [3.63, 3.8) is 0 Å². The van der Waals surface area contributed by atoms with E-state index >= 15 is 0 Å². The Morgan fingerprint density at radius 1 is 1.00 bits per heavy atom. The van der Waals surface area contributed by atoms with Gasteiger partial charge in [-0.1, -0.05) is 23.7 Å². The summed E-state index contributed by atoms with van der Waals surface area (Å²) in [5.74, 6) is -3.18. The van der Waals surface area contributed by atoms with Crippen molar-refractivity contribution in [2.24, 2.45) is 0 Å². The van der Waals surface area contributed by atoms with Gasteiger partial charge in [-0.05, 0) is 29.8 Å². The Labute approximate surface area is 112 Å².